The third-order valence-corrected chi connectivity index (χ3v) is 7.05. The average molecular weight is 457 g/mol. The maximum Gasteiger partial charge on any atom is 0.228 e. The zero-order valence-electron chi connectivity index (χ0n) is 18.6. The van der Waals surface area contributed by atoms with E-state index in [-0.39, 0.29) is 11.7 Å². The Morgan fingerprint density at radius 1 is 1.12 bits per heavy atom. The number of aryl methyl sites for hydroxylation is 1. The number of thiophene rings is 1. The summed E-state index contributed by atoms with van der Waals surface area (Å²) >= 11 is 1.65. The first-order valence-electron chi connectivity index (χ1n) is 11.0. The highest BCUT2D eigenvalue weighted by Gasteiger charge is 2.25. The van der Waals surface area contributed by atoms with Crippen molar-refractivity contribution >= 4 is 44.7 Å². The predicted octanol–water partition coefficient (Wildman–Crippen LogP) is 5.26. The van der Waals surface area contributed by atoms with Crippen LogP contribution in [0.25, 0.3) is 21.3 Å². The SMILES string of the molecule is CC(=O)c1ccc2c(c1)CCN2C(=O)CCNc1ncnc2sc(C)c(-c3ccccc3)c12. The number of hydrogen-bond acceptors (Lipinski definition) is 6. The molecule has 3 heterocycles. The molecule has 1 amide bonds. The molecule has 0 saturated carbocycles. The van der Waals surface area contributed by atoms with E-state index in [0.717, 1.165) is 44.8 Å². The van der Waals surface area contributed by atoms with E-state index < -0.39 is 0 Å². The number of Topliss-reactive ketones (excluding diaryl/α,β-unsaturated/α-hetero) is 1. The predicted molar refractivity (Wildman–Crippen MR) is 133 cm³/mol. The van der Waals surface area contributed by atoms with E-state index in [0.29, 0.717) is 25.1 Å². The second-order valence-corrected chi connectivity index (χ2v) is 9.38. The van der Waals surface area contributed by atoms with Gasteiger partial charge in [-0.05, 0) is 49.6 Å². The lowest BCUT2D eigenvalue weighted by atomic mass is 10.0. The van der Waals surface area contributed by atoms with Gasteiger partial charge in [0.15, 0.2) is 5.78 Å². The molecular weight excluding hydrogens is 432 g/mol. The van der Waals surface area contributed by atoms with Crippen LogP contribution >= 0.6 is 11.3 Å². The quantitative estimate of drug-likeness (QED) is 0.401. The molecule has 0 fully saturated rings. The van der Waals surface area contributed by atoms with Crippen molar-refractivity contribution in [3.63, 3.8) is 0 Å². The van der Waals surface area contributed by atoms with Crippen molar-refractivity contribution in [1.29, 1.82) is 0 Å². The largest absolute Gasteiger partial charge is 0.369 e. The van der Waals surface area contributed by atoms with Gasteiger partial charge in [-0.1, -0.05) is 30.3 Å². The molecule has 0 atom stereocenters. The topological polar surface area (TPSA) is 75.2 Å². The summed E-state index contributed by atoms with van der Waals surface area (Å²) in [4.78, 5) is 37.5. The highest BCUT2D eigenvalue weighted by atomic mass is 32.1. The minimum atomic E-state index is 0.0430. The molecule has 0 bridgehead atoms. The summed E-state index contributed by atoms with van der Waals surface area (Å²) < 4.78 is 0. The van der Waals surface area contributed by atoms with Gasteiger partial charge in [-0.15, -0.1) is 11.3 Å². The molecule has 5 rings (SSSR count). The molecular formula is C26H24N4O2S. The average Bonchev–Trinajstić information content (AvgIpc) is 3.39. The first-order chi connectivity index (χ1) is 16.0. The summed E-state index contributed by atoms with van der Waals surface area (Å²) in [6.45, 7) is 4.79. The zero-order valence-corrected chi connectivity index (χ0v) is 19.4. The molecule has 33 heavy (non-hydrogen) atoms. The Kier molecular flexibility index (Phi) is 5.64. The Morgan fingerprint density at radius 3 is 2.73 bits per heavy atom. The van der Waals surface area contributed by atoms with E-state index >= 15 is 0 Å². The van der Waals surface area contributed by atoms with Gasteiger partial charge in [0.05, 0.1) is 5.39 Å². The number of anilines is 2. The molecule has 2 aromatic carbocycles. The maximum absolute atomic E-state index is 13.0. The number of nitrogens with zero attached hydrogens (tertiary/aromatic N) is 3. The van der Waals surface area contributed by atoms with E-state index in [4.69, 9.17) is 0 Å². The third kappa shape index (κ3) is 4.00. The molecule has 0 aliphatic carbocycles. The molecule has 4 aromatic rings. The number of fused-ring (bicyclic) bond motifs is 2. The Balaban J connectivity index is 1.33. The molecule has 0 saturated heterocycles. The van der Waals surface area contributed by atoms with Crippen molar-refractivity contribution < 1.29 is 9.59 Å². The van der Waals surface area contributed by atoms with Gasteiger partial charge >= 0.3 is 0 Å². The molecule has 2 aromatic heterocycles. The Hall–Kier alpha value is -3.58. The van der Waals surface area contributed by atoms with Gasteiger partial charge in [0.1, 0.15) is 17.0 Å². The van der Waals surface area contributed by atoms with E-state index in [1.165, 1.54) is 4.88 Å². The zero-order chi connectivity index (χ0) is 22.9. The lowest BCUT2D eigenvalue weighted by Gasteiger charge is -2.18. The van der Waals surface area contributed by atoms with Gasteiger partial charge in [-0.3, -0.25) is 9.59 Å². The molecule has 0 radical (unpaired) electrons. The molecule has 6 nitrogen and oxygen atoms in total. The number of ketones is 1. The number of aromatic nitrogens is 2. The molecule has 166 valence electrons. The van der Waals surface area contributed by atoms with Gasteiger partial charge in [0.25, 0.3) is 0 Å². The third-order valence-electron chi connectivity index (χ3n) is 6.04. The van der Waals surface area contributed by atoms with Crippen LogP contribution in [0.5, 0.6) is 0 Å². The van der Waals surface area contributed by atoms with E-state index in [1.807, 2.05) is 35.2 Å². The molecule has 1 aliphatic heterocycles. The minimum Gasteiger partial charge on any atom is -0.369 e. The lowest BCUT2D eigenvalue weighted by Crippen LogP contribution is -2.30. The van der Waals surface area contributed by atoms with Crippen LogP contribution in [0.1, 0.15) is 34.1 Å². The highest BCUT2D eigenvalue weighted by molar-refractivity contribution is 7.19. The van der Waals surface area contributed by atoms with Crippen LogP contribution in [-0.4, -0.2) is 34.7 Å². The van der Waals surface area contributed by atoms with Crippen LogP contribution < -0.4 is 10.2 Å². The second-order valence-electron chi connectivity index (χ2n) is 8.17. The van der Waals surface area contributed by atoms with E-state index in [9.17, 15) is 9.59 Å². The number of rotatable bonds is 6. The van der Waals surface area contributed by atoms with Gasteiger partial charge in [0.2, 0.25) is 5.91 Å². The van der Waals surface area contributed by atoms with Crippen LogP contribution in [0, 0.1) is 6.92 Å². The first-order valence-corrected chi connectivity index (χ1v) is 11.8. The Morgan fingerprint density at radius 2 is 1.94 bits per heavy atom. The first kappa shape index (κ1) is 21.3. The summed E-state index contributed by atoms with van der Waals surface area (Å²) in [5, 5.41) is 4.38. The van der Waals surface area contributed by atoms with Gasteiger partial charge in [0, 0.05) is 41.2 Å². The monoisotopic (exact) mass is 456 g/mol. The van der Waals surface area contributed by atoms with Gasteiger partial charge < -0.3 is 10.2 Å². The Labute approximate surface area is 196 Å². The van der Waals surface area contributed by atoms with Gasteiger partial charge in [-0.2, -0.15) is 0 Å². The van der Waals surface area contributed by atoms with E-state index in [2.05, 4.69) is 34.3 Å². The molecule has 7 heteroatoms. The second kappa shape index (κ2) is 8.75. The smallest absolute Gasteiger partial charge is 0.228 e. The van der Waals surface area contributed by atoms with Crippen molar-refractivity contribution in [2.75, 3.05) is 23.3 Å². The summed E-state index contributed by atoms with van der Waals surface area (Å²) in [5.74, 6) is 0.859. The summed E-state index contributed by atoms with van der Waals surface area (Å²) in [5.41, 5.74) is 4.93. The summed E-state index contributed by atoms with van der Waals surface area (Å²) in [6, 6.07) is 15.8. The number of carbonyl (C=O) groups excluding carboxylic acids is 2. The van der Waals surface area contributed by atoms with Crippen molar-refractivity contribution in [3.05, 3.63) is 70.9 Å². The molecule has 0 spiro atoms. The fourth-order valence-electron chi connectivity index (χ4n) is 4.43. The van der Waals surface area contributed by atoms with Crippen LogP contribution in [0.4, 0.5) is 11.5 Å². The molecule has 1 aliphatic rings. The summed E-state index contributed by atoms with van der Waals surface area (Å²) in [6.07, 6.45) is 2.69. The van der Waals surface area contributed by atoms with Crippen LogP contribution in [-0.2, 0) is 11.2 Å². The van der Waals surface area contributed by atoms with E-state index in [1.54, 1.807) is 30.7 Å². The number of benzene rings is 2. The maximum atomic E-state index is 13.0. The summed E-state index contributed by atoms with van der Waals surface area (Å²) in [7, 11) is 0. The van der Waals surface area contributed by atoms with Crippen molar-refractivity contribution in [2.45, 2.75) is 26.7 Å². The van der Waals surface area contributed by atoms with Gasteiger partial charge in [-0.25, -0.2) is 9.97 Å². The van der Waals surface area contributed by atoms with Crippen LogP contribution in [0.2, 0.25) is 0 Å². The fourth-order valence-corrected chi connectivity index (χ4v) is 5.45. The standard InChI is InChI=1S/C26H24N4O2S/c1-16(31)19-8-9-21-20(14-19)11-13-30(21)22(32)10-12-27-25-24-23(18-6-4-3-5-7-18)17(2)33-26(24)29-15-28-25/h3-9,14-15H,10-13H2,1-2H3,(H,27,28,29). The Bertz CT molecular complexity index is 1360. The number of hydrogen-bond donors (Lipinski definition) is 1. The number of amides is 1. The molecule has 0 unspecified atom stereocenters. The van der Waals surface area contributed by atoms with Crippen LogP contribution in [0.3, 0.4) is 0 Å². The highest BCUT2D eigenvalue weighted by Crippen LogP contribution is 2.40. The number of nitrogens with one attached hydrogen (secondary N) is 1. The lowest BCUT2D eigenvalue weighted by molar-refractivity contribution is -0.118. The minimum absolute atomic E-state index is 0.0430. The van der Waals surface area contributed by atoms with Crippen molar-refractivity contribution in [1.82, 2.24) is 9.97 Å². The number of carbonyl (C=O) groups is 2. The van der Waals surface area contributed by atoms with Crippen molar-refractivity contribution in [2.24, 2.45) is 0 Å². The molecule has 1 N–H and O–H groups in total. The van der Waals surface area contributed by atoms with Crippen LogP contribution in [0.15, 0.2) is 54.9 Å². The normalized spacial score (nSPS) is 12.7. The fraction of sp³-hybridized carbons (Fsp3) is 0.231. The van der Waals surface area contributed by atoms with Crippen molar-refractivity contribution in [3.8, 4) is 11.1 Å².